The minimum atomic E-state index is -0.577. The van der Waals surface area contributed by atoms with Gasteiger partial charge in [0.25, 0.3) is 0 Å². The highest BCUT2D eigenvalue weighted by molar-refractivity contribution is 5.70. The molecular weight excluding hydrogens is 226 g/mol. The van der Waals surface area contributed by atoms with Gasteiger partial charge < -0.3 is 20.2 Å². The molecule has 0 fully saturated rings. The van der Waals surface area contributed by atoms with Gasteiger partial charge in [-0.3, -0.25) is 4.79 Å². The summed E-state index contributed by atoms with van der Waals surface area (Å²) in [5, 5.41) is 13.4. The van der Waals surface area contributed by atoms with E-state index in [0.29, 0.717) is 12.3 Å². The molecule has 0 bridgehead atoms. The van der Waals surface area contributed by atoms with E-state index < -0.39 is 4.92 Å². The normalized spacial score (nSPS) is 9.71. The van der Waals surface area contributed by atoms with Crippen molar-refractivity contribution in [1.29, 1.82) is 0 Å². The first-order valence-electron chi connectivity index (χ1n) is 5.14. The molecule has 0 spiro atoms. The Bertz CT molecular complexity index is 408. The first-order valence-corrected chi connectivity index (χ1v) is 5.14. The average Bonchev–Trinajstić information content (AvgIpc) is 2.30. The van der Waals surface area contributed by atoms with Gasteiger partial charge in [0, 0.05) is 6.54 Å². The molecule has 0 radical (unpaired) electrons. The highest BCUT2D eigenvalue weighted by Crippen LogP contribution is 2.19. The van der Waals surface area contributed by atoms with E-state index in [4.69, 9.17) is 4.74 Å². The lowest BCUT2D eigenvalue weighted by Gasteiger charge is -2.05. The zero-order valence-corrected chi connectivity index (χ0v) is 9.38. The molecule has 17 heavy (non-hydrogen) atoms. The molecule has 0 aliphatic rings. The summed E-state index contributed by atoms with van der Waals surface area (Å²) >= 11 is 0. The molecule has 0 aliphatic carbocycles. The minimum absolute atomic E-state index is 0.153. The zero-order chi connectivity index (χ0) is 12.7. The van der Waals surface area contributed by atoms with Crippen LogP contribution in [0.1, 0.15) is 13.3 Å². The Kier molecular flexibility index (Phi) is 4.86. The second kappa shape index (κ2) is 6.41. The van der Waals surface area contributed by atoms with E-state index >= 15 is 0 Å². The van der Waals surface area contributed by atoms with Crippen LogP contribution in [-0.4, -0.2) is 29.0 Å². The van der Waals surface area contributed by atoms with Crippen LogP contribution in [0.2, 0.25) is 0 Å². The number of carbonyl (C=O) groups excluding carboxylic acids is 1. The predicted octanol–water partition coefficient (Wildman–Crippen LogP) is 1.35. The van der Waals surface area contributed by atoms with Crippen molar-refractivity contribution in [2.24, 2.45) is 0 Å². The van der Waals surface area contributed by atoms with Gasteiger partial charge in [-0.2, -0.15) is 0 Å². The van der Waals surface area contributed by atoms with Gasteiger partial charge in [0.2, 0.25) is 0 Å². The number of carbonyl (C=O) groups is 1. The van der Waals surface area contributed by atoms with Crippen LogP contribution in [0.15, 0.2) is 18.3 Å². The lowest BCUT2D eigenvalue weighted by molar-refractivity contribution is -0.388. The molecule has 0 amide bonds. The molecule has 1 aromatic heterocycles. The van der Waals surface area contributed by atoms with E-state index in [1.807, 2.05) is 0 Å². The number of rotatable bonds is 6. The van der Waals surface area contributed by atoms with Crippen molar-refractivity contribution in [2.75, 3.05) is 18.5 Å². The van der Waals surface area contributed by atoms with Crippen molar-refractivity contribution in [3.8, 4) is 0 Å². The van der Waals surface area contributed by atoms with Gasteiger partial charge >= 0.3 is 11.8 Å². The Morgan fingerprint density at radius 3 is 3.06 bits per heavy atom. The number of pyridine rings is 1. The van der Waals surface area contributed by atoms with E-state index in [2.05, 4.69) is 10.3 Å². The van der Waals surface area contributed by atoms with E-state index in [-0.39, 0.29) is 24.8 Å². The molecule has 0 aromatic carbocycles. The Morgan fingerprint density at radius 1 is 1.65 bits per heavy atom. The van der Waals surface area contributed by atoms with Crippen LogP contribution in [0.5, 0.6) is 0 Å². The monoisotopic (exact) mass is 239 g/mol. The topological polar surface area (TPSA) is 94.4 Å². The summed E-state index contributed by atoms with van der Waals surface area (Å²) < 4.78 is 4.73. The maximum absolute atomic E-state index is 11.0. The maximum Gasteiger partial charge on any atom is 0.386 e. The molecule has 1 rings (SSSR count). The van der Waals surface area contributed by atoms with Gasteiger partial charge in [-0.25, -0.2) is 0 Å². The van der Waals surface area contributed by atoms with Crippen molar-refractivity contribution < 1.29 is 14.5 Å². The van der Waals surface area contributed by atoms with E-state index in [1.165, 1.54) is 12.3 Å². The highest BCUT2D eigenvalue weighted by atomic mass is 16.6. The molecule has 0 atom stereocenters. The minimum Gasteiger partial charge on any atom is -0.466 e. The summed E-state index contributed by atoms with van der Waals surface area (Å²) in [5.41, 5.74) is 0.293. The summed E-state index contributed by atoms with van der Waals surface area (Å²) in [6.45, 7) is 2.31. The smallest absolute Gasteiger partial charge is 0.386 e. The number of nitrogens with zero attached hydrogens (tertiary/aromatic N) is 2. The number of ether oxygens (including phenoxy) is 1. The van der Waals surface area contributed by atoms with Crippen LogP contribution < -0.4 is 5.32 Å². The summed E-state index contributed by atoms with van der Waals surface area (Å²) in [5.74, 6) is -0.595. The quantitative estimate of drug-likeness (QED) is 0.457. The predicted molar refractivity (Wildman–Crippen MR) is 60.6 cm³/mol. The van der Waals surface area contributed by atoms with Gasteiger partial charge in [0.1, 0.15) is 11.9 Å². The van der Waals surface area contributed by atoms with Crippen molar-refractivity contribution in [3.05, 3.63) is 28.4 Å². The van der Waals surface area contributed by atoms with Crippen molar-refractivity contribution in [3.63, 3.8) is 0 Å². The molecule has 1 aromatic rings. The third kappa shape index (κ3) is 4.06. The lowest BCUT2D eigenvalue weighted by Crippen LogP contribution is -2.12. The Hall–Kier alpha value is -2.18. The second-order valence-electron chi connectivity index (χ2n) is 3.11. The SMILES string of the molecule is CCOC(=O)CCNc1cccnc1[N+](=O)[O-]. The number of esters is 1. The standard InChI is InChI=1S/C10H13N3O4/c1-2-17-9(14)5-7-11-8-4-3-6-12-10(8)13(15)16/h3-4,6,11H,2,5,7H2,1H3. The molecule has 0 saturated heterocycles. The van der Waals surface area contributed by atoms with Gasteiger partial charge in [-0.15, -0.1) is 0 Å². The summed E-state index contributed by atoms with van der Waals surface area (Å²) in [6, 6.07) is 3.12. The summed E-state index contributed by atoms with van der Waals surface area (Å²) in [6.07, 6.45) is 1.49. The van der Waals surface area contributed by atoms with E-state index in [9.17, 15) is 14.9 Å². The van der Waals surface area contributed by atoms with Crippen LogP contribution >= 0.6 is 0 Å². The van der Waals surface area contributed by atoms with Crippen molar-refractivity contribution in [1.82, 2.24) is 4.98 Å². The maximum atomic E-state index is 11.0. The van der Waals surface area contributed by atoms with Crippen molar-refractivity contribution >= 4 is 17.5 Å². The van der Waals surface area contributed by atoms with E-state index in [1.54, 1.807) is 13.0 Å². The van der Waals surface area contributed by atoms with Gasteiger partial charge in [-0.05, 0) is 29.0 Å². The highest BCUT2D eigenvalue weighted by Gasteiger charge is 2.13. The van der Waals surface area contributed by atoms with Crippen LogP contribution in [0.25, 0.3) is 0 Å². The summed E-state index contributed by atoms with van der Waals surface area (Å²) in [7, 11) is 0. The second-order valence-corrected chi connectivity index (χ2v) is 3.11. The van der Waals surface area contributed by atoms with Crippen LogP contribution in [-0.2, 0) is 9.53 Å². The Morgan fingerprint density at radius 2 is 2.41 bits per heavy atom. The molecular formula is C10H13N3O4. The van der Waals surface area contributed by atoms with Gasteiger partial charge in [0.05, 0.1) is 13.0 Å². The number of nitro groups is 1. The zero-order valence-electron chi connectivity index (χ0n) is 9.38. The number of hydrogen-bond acceptors (Lipinski definition) is 6. The number of anilines is 1. The average molecular weight is 239 g/mol. The van der Waals surface area contributed by atoms with Crippen LogP contribution in [0.3, 0.4) is 0 Å². The first kappa shape index (κ1) is 12.9. The van der Waals surface area contributed by atoms with E-state index in [0.717, 1.165) is 0 Å². The molecule has 0 aliphatic heterocycles. The fraction of sp³-hybridized carbons (Fsp3) is 0.400. The lowest BCUT2D eigenvalue weighted by atomic mass is 10.3. The van der Waals surface area contributed by atoms with Crippen LogP contribution in [0.4, 0.5) is 11.5 Å². The molecule has 7 heteroatoms. The molecule has 1 N–H and O–H groups in total. The van der Waals surface area contributed by atoms with Crippen molar-refractivity contribution in [2.45, 2.75) is 13.3 Å². The summed E-state index contributed by atoms with van der Waals surface area (Å²) in [4.78, 5) is 24.7. The molecule has 0 unspecified atom stereocenters. The fourth-order valence-electron chi connectivity index (χ4n) is 1.21. The van der Waals surface area contributed by atoms with Crippen LogP contribution in [0, 0.1) is 10.1 Å². The number of nitrogens with one attached hydrogen (secondary N) is 1. The molecule has 1 heterocycles. The third-order valence-corrected chi connectivity index (χ3v) is 1.91. The number of aromatic nitrogens is 1. The fourth-order valence-corrected chi connectivity index (χ4v) is 1.21. The molecule has 92 valence electrons. The molecule has 0 saturated carbocycles. The molecule has 7 nitrogen and oxygen atoms in total. The largest absolute Gasteiger partial charge is 0.466 e. The van der Waals surface area contributed by atoms with Gasteiger partial charge in [0.15, 0.2) is 0 Å². The Balaban J connectivity index is 2.52. The third-order valence-electron chi connectivity index (χ3n) is 1.91. The van der Waals surface area contributed by atoms with Gasteiger partial charge in [-0.1, -0.05) is 0 Å². The Labute approximate surface area is 98.0 Å². The number of hydrogen-bond donors (Lipinski definition) is 1. The first-order chi connectivity index (χ1) is 8.15.